The molecule has 2 N–H and O–H groups in total. The molecule has 2 unspecified atom stereocenters. The number of hydrogen-bond acceptors (Lipinski definition) is 5. The van der Waals surface area contributed by atoms with Crippen molar-refractivity contribution < 1.29 is 24.5 Å². The largest absolute Gasteiger partial charge is 0.508 e. The van der Waals surface area contributed by atoms with Crippen LogP contribution in [0, 0.1) is 16.7 Å². The van der Waals surface area contributed by atoms with Gasteiger partial charge in [-0.1, -0.05) is 51.8 Å². The van der Waals surface area contributed by atoms with Gasteiger partial charge in [0.05, 0.1) is 12.2 Å². The SMILES string of the molecule is CC(COC(=O)c1ccc(O)cc1)C1=CC2=CC=C3C(C)(C)CCCC3(C)C2=C(O)C1=O. The summed E-state index contributed by atoms with van der Waals surface area (Å²) in [5.41, 5.74) is 3.27. The molecule has 0 aromatic heterocycles. The fraction of sp³-hybridized carbons (Fsp3) is 0.407. The topological polar surface area (TPSA) is 83.8 Å². The van der Waals surface area contributed by atoms with Gasteiger partial charge in [-0.2, -0.15) is 0 Å². The monoisotopic (exact) mass is 434 g/mol. The zero-order chi connectivity index (χ0) is 23.3. The Hall–Kier alpha value is -3.08. The number of ketones is 1. The molecule has 0 bridgehead atoms. The summed E-state index contributed by atoms with van der Waals surface area (Å²) in [4.78, 5) is 25.5. The zero-order valence-corrected chi connectivity index (χ0v) is 19.1. The van der Waals surface area contributed by atoms with Gasteiger partial charge in [-0.05, 0) is 54.2 Å². The van der Waals surface area contributed by atoms with Crippen LogP contribution >= 0.6 is 0 Å². The number of ether oxygens (including phenoxy) is 1. The van der Waals surface area contributed by atoms with Crippen LogP contribution < -0.4 is 0 Å². The van der Waals surface area contributed by atoms with Gasteiger partial charge in [0.25, 0.3) is 0 Å². The van der Waals surface area contributed by atoms with Crippen LogP contribution in [0.5, 0.6) is 5.75 Å². The molecule has 0 heterocycles. The molecule has 0 radical (unpaired) electrons. The Kier molecular flexibility index (Phi) is 5.40. The van der Waals surface area contributed by atoms with Crippen molar-refractivity contribution in [1.29, 1.82) is 0 Å². The van der Waals surface area contributed by atoms with Crippen LogP contribution in [0.15, 0.2) is 70.5 Å². The first-order valence-electron chi connectivity index (χ1n) is 11.1. The number of aliphatic hydroxyl groups is 1. The summed E-state index contributed by atoms with van der Waals surface area (Å²) in [6, 6.07) is 5.80. The fourth-order valence-electron chi connectivity index (χ4n) is 5.48. The van der Waals surface area contributed by atoms with Crippen LogP contribution in [0.25, 0.3) is 0 Å². The van der Waals surface area contributed by atoms with Crippen molar-refractivity contribution >= 4 is 11.8 Å². The van der Waals surface area contributed by atoms with E-state index in [1.807, 2.05) is 19.1 Å². The summed E-state index contributed by atoms with van der Waals surface area (Å²) in [6.07, 6.45) is 9.03. The Morgan fingerprint density at radius 1 is 1.09 bits per heavy atom. The zero-order valence-electron chi connectivity index (χ0n) is 19.1. The highest BCUT2D eigenvalue weighted by Crippen LogP contribution is 2.58. The summed E-state index contributed by atoms with van der Waals surface area (Å²) < 4.78 is 5.39. The number of fused-ring (bicyclic) bond motifs is 3. The second-order valence-electron chi connectivity index (χ2n) is 9.97. The van der Waals surface area contributed by atoms with E-state index in [9.17, 15) is 19.8 Å². The molecule has 1 saturated carbocycles. The fourth-order valence-corrected chi connectivity index (χ4v) is 5.48. The second kappa shape index (κ2) is 7.80. The molecule has 1 fully saturated rings. The number of Topliss-reactive ketones (excluding diaryl/α,β-unsaturated/α-hetero) is 1. The highest BCUT2D eigenvalue weighted by molar-refractivity contribution is 6.10. The molecule has 0 amide bonds. The molecule has 2 atom stereocenters. The van der Waals surface area contributed by atoms with E-state index in [1.54, 1.807) is 0 Å². The maximum Gasteiger partial charge on any atom is 0.338 e. The Bertz CT molecular complexity index is 1100. The van der Waals surface area contributed by atoms with Crippen molar-refractivity contribution in [1.82, 2.24) is 0 Å². The third-order valence-electron chi connectivity index (χ3n) is 7.20. The number of phenolic OH excluding ortho intramolecular Hbond substituents is 1. The highest BCUT2D eigenvalue weighted by atomic mass is 16.5. The third-order valence-corrected chi connectivity index (χ3v) is 7.20. The molecule has 0 saturated heterocycles. The number of aliphatic hydroxyl groups excluding tert-OH is 1. The summed E-state index contributed by atoms with van der Waals surface area (Å²) in [7, 11) is 0. The van der Waals surface area contributed by atoms with E-state index in [2.05, 4.69) is 26.8 Å². The minimum Gasteiger partial charge on any atom is -0.508 e. The molecule has 0 aliphatic heterocycles. The normalized spacial score (nSPS) is 25.1. The molecule has 168 valence electrons. The number of carbonyl (C=O) groups is 2. The predicted molar refractivity (Wildman–Crippen MR) is 122 cm³/mol. The van der Waals surface area contributed by atoms with Crippen LogP contribution in [0.1, 0.15) is 57.3 Å². The predicted octanol–water partition coefficient (Wildman–Crippen LogP) is 5.59. The van der Waals surface area contributed by atoms with Gasteiger partial charge in [0.2, 0.25) is 5.78 Å². The van der Waals surface area contributed by atoms with Crippen LogP contribution in [0.4, 0.5) is 0 Å². The summed E-state index contributed by atoms with van der Waals surface area (Å²) >= 11 is 0. The van der Waals surface area contributed by atoms with E-state index in [4.69, 9.17) is 4.74 Å². The third kappa shape index (κ3) is 3.60. The Morgan fingerprint density at radius 3 is 2.47 bits per heavy atom. The number of rotatable bonds is 4. The summed E-state index contributed by atoms with van der Waals surface area (Å²) in [5.74, 6) is -1.41. The van der Waals surface area contributed by atoms with Crippen LogP contribution in [0.3, 0.4) is 0 Å². The lowest BCUT2D eigenvalue weighted by Crippen LogP contribution is -2.40. The lowest BCUT2D eigenvalue weighted by molar-refractivity contribution is -0.115. The van der Waals surface area contributed by atoms with E-state index in [0.717, 1.165) is 30.4 Å². The molecular formula is C27H30O5. The van der Waals surface area contributed by atoms with Crippen molar-refractivity contribution in [2.75, 3.05) is 6.61 Å². The molecule has 32 heavy (non-hydrogen) atoms. The maximum absolute atomic E-state index is 13.2. The first-order valence-corrected chi connectivity index (χ1v) is 11.1. The van der Waals surface area contributed by atoms with Gasteiger partial charge in [-0.15, -0.1) is 0 Å². The molecule has 1 aromatic rings. The van der Waals surface area contributed by atoms with Gasteiger partial charge < -0.3 is 14.9 Å². The minimum atomic E-state index is -0.525. The van der Waals surface area contributed by atoms with Crippen LogP contribution in [-0.4, -0.2) is 28.6 Å². The van der Waals surface area contributed by atoms with Crippen molar-refractivity contribution in [3.8, 4) is 5.75 Å². The molecule has 3 aliphatic rings. The molecule has 5 heteroatoms. The molecule has 3 aliphatic carbocycles. The number of carbonyl (C=O) groups excluding carboxylic acids is 2. The number of esters is 1. The maximum atomic E-state index is 13.2. The average molecular weight is 435 g/mol. The number of hydrogen-bond donors (Lipinski definition) is 2. The first kappa shape index (κ1) is 22.1. The van der Waals surface area contributed by atoms with Gasteiger partial charge in [-0.3, -0.25) is 4.79 Å². The number of allylic oxidation sites excluding steroid dienone is 7. The second-order valence-corrected chi connectivity index (χ2v) is 9.97. The lowest BCUT2D eigenvalue weighted by atomic mass is 9.54. The average Bonchev–Trinajstić information content (AvgIpc) is 2.73. The minimum absolute atomic E-state index is 0.0125. The van der Waals surface area contributed by atoms with Gasteiger partial charge >= 0.3 is 5.97 Å². The number of benzene rings is 1. The Morgan fingerprint density at radius 2 is 1.78 bits per heavy atom. The smallest absolute Gasteiger partial charge is 0.338 e. The van der Waals surface area contributed by atoms with E-state index in [-0.39, 0.29) is 34.9 Å². The van der Waals surface area contributed by atoms with E-state index in [0.29, 0.717) is 11.1 Å². The standard InChI is InChI=1S/C27H30O5/c1-16(15-32-25(31)17-6-9-19(28)10-7-17)20-14-18-8-11-21-26(2,3)12-5-13-27(21,4)22(18)24(30)23(20)29/h6-11,14,16,28,30H,5,12-13,15H2,1-4H3. The van der Waals surface area contributed by atoms with Gasteiger partial charge in [0.15, 0.2) is 5.76 Å². The van der Waals surface area contributed by atoms with Crippen molar-refractivity contribution in [3.63, 3.8) is 0 Å². The Balaban J connectivity index is 1.58. The van der Waals surface area contributed by atoms with E-state index >= 15 is 0 Å². The Labute approximate surface area is 188 Å². The van der Waals surface area contributed by atoms with Gasteiger partial charge in [-0.25, -0.2) is 4.79 Å². The van der Waals surface area contributed by atoms with Crippen LogP contribution in [0.2, 0.25) is 0 Å². The van der Waals surface area contributed by atoms with Crippen molar-refractivity contribution in [2.45, 2.75) is 47.0 Å². The van der Waals surface area contributed by atoms with E-state index in [1.165, 1.54) is 29.8 Å². The lowest BCUT2D eigenvalue weighted by Gasteiger charge is -2.49. The summed E-state index contributed by atoms with van der Waals surface area (Å²) in [5, 5.41) is 20.4. The molecular weight excluding hydrogens is 404 g/mol. The quantitative estimate of drug-likeness (QED) is 0.604. The highest BCUT2D eigenvalue weighted by Gasteiger charge is 2.48. The number of aromatic hydroxyl groups is 1. The molecule has 1 aromatic carbocycles. The van der Waals surface area contributed by atoms with Gasteiger partial charge in [0.1, 0.15) is 5.75 Å². The first-order chi connectivity index (χ1) is 15.0. The molecule has 4 rings (SSSR count). The summed E-state index contributed by atoms with van der Waals surface area (Å²) in [6.45, 7) is 8.40. The molecule has 5 nitrogen and oxygen atoms in total. The van der Waals surface area contributed by atoms with Crippen molar-refractivity contribution in [3.05, 3.63) is 76.1 Å². The van der Waals surface area contributed by atoms with E-state index < -0.39 is 11.8 Å². The van der Waals surface area contributed by atoms with Crippen molar-refractivity contribution in [2.24, 2.45) is 16.7 Å². The van der Waals surface area contributed by atoms with Gasteiger partial charge in [0, 0.05) is 22.5 Å². The molecule has 0 spiro atoms. The van der Waals surface area contributed by atoms with Crippen LogP contribution in [-0.2, 0) is 9.53 Å². The number of phenols is 1.